The van der Waals surface area contributed by atoms with Crippen LogP contribution in [0.5, 0.6) is 0 Å². The Morgan fingerprint density at radius 1 is 1.15 bits per heavy atom. The molecular formula is C25H21N5O3S. The number of rotatable bonds is 3. The number of fused-ring (bicyclic) bond motifs is 1. The molecule has 0 atom stereocenters. The van der Waals surface area contributed by atoms with Crippen molar-refractivity contribution in [2.24, 2.45) is 0 Å². The number of hydrogen-bond donors (Lipinski definition) is 1. The number of nitriles is 1. The van der Waals surface area contributed by atoms with Gasteiger partial charge in [0, 0.05) is 28.7 Å². The van der Waals surface area contributed by atoms with E-state index in [2.05, 4.69) is 16.4 Å². The van der Waals surface area contributed by atoms with E-state index in [1.54, 1.807) is 11.3 Å². The van der Waals surface area contributed by atoms with Crippen LogP contribution in [0.15, 0.2) is 36.2 Å². The normalized spacial score (nSPS) is 17.0. The Kier molecular flexibility index (Phi) is 5.38. The first-order chi connectivity index (χ1) is 16.4. The van der Waals surface area contributed by atoms with Crippen molar-refractivity contribution in [2.75, 3.05) is 4.90 Å². The fourth-order valence-corrected chi connectivity index (χ4v) is 6.06. The number of aromatic nitrogens is 2. The second-order valence-corrected chi connectivity index (χ2v) is 9.41. The van der Waals surface area contributed by atoms with Gasteiger partial charge in [0.2, 0.25) is 0 Å². The number of urea groups is 1. The summed E-state index contributed by atoms with van der Waals surface area (Å²) < 4.78 is 2.02. The van der Waals surface area contributed by atoms with Crippen LogP contribution in [0.2, 0.25) is 0 Å². The van der Waals surface area contributed by atoms with Crippen molar-refractivity contribution in [1.29, 1.82) is 5.26 Å². The molecule has 3 aromatic rings. The van der Waals surface area contributed by atoms with Gasteiger partial charge in [-0.25, -0.2) is 9.69 Å². The Morgan fingerprint density at radius 3 is 2.62 bits per heavy atom. The molecule has 0 unspecified atom stereocenters. The van der Waals surface area contributed by atoms with Gasteiger partial charge in [-0.1, -0.05) is 0 Å². The molecule has 3 aromatic heterocycles. The molecule has 2 aliphatic rings. The van der Waals surface area contributed by atoms with Gasteiger partial charge < -0.3 is 4.57 Å². The second kappa shape index (κ2) is 8.39. The Bertz CT molecular complexity index is 1420. The molecule has 0 radical (unpaired) electrons. The summed E-state index contributed by atoms with van der Waals surface area (Å²) in [5.41, 5.74) is 4.43. The molecule has 1 N–H and O–H groups in total. The summed E-state index contributed by atoms with van der Waals surface area (Å²) >= 11 is 1.64. The van der Waals surface area contributed by atoms with Crippen molar-refractivity contribution in [3.05, 3.63) is 69.1 Å². The smallest absolute Gasteiger partial charge is 0.308 e. The molecule has 0 spiro atoms. The maximum atomic E-state index is 13.2. The lowest BCUT2D eigenvalue weighted by molar-refractivity contribution is -0.122. The monoisotopic (exact) mass is 471 g/mol. The fourth-order valence-electron chi connectivity index (χ4n) is 4.61. The maximum Gasteiger partial charge on any atom is 0.335 e. The minimum atomic E-state index is -0.799. The summed E-state index contributed by atoms with van der Waals surface area (Å²) in [6.45, 7) is 3.83. The Hall–Kier alpha value is -4.03. The Morgan fingerprint density at radius 2 is 1.88 bits per heavy atom. The van der Waals surface area contributed by atoms with Gasteiger partial charge in [0.1, 0.15) is 16.6 Å². The minimum Gasteiger partial charge on any atom is -0.308 e. The van der Waals surface area contributed by atoms with Crippen molar-refractivity contribution in [2.45, 2.75) is 39.5 Å². The number of aryl methyl sites for hydroxylation is 2. The van der Waals surface area contributed by atoms with Crippen molar-refractivity contribution in [1.82, 2.24) is 14.9 Å². The summed E-state index contributed by atoms with van der Waals surface area (Å²) in [5, 5.41) is 13.0. The summed E-state index contributed by atoms with van der Waals surface area (Å²) in [6, 6.07) is 6.54. The summed E-state index contributed by atoms with van der Waals surface area (Å²) in [7, 11) is 0. The fraction of sp³-hybridized carbons (Fsp3) is 0.240. The number of nitrogens with zero attached hydrogens (tertiary/aromatic N) is 4. The third-order valence-electron chi connectivity index (χ3n) is 6.26. The molecule has 1 fully saturated rings. The maximum absolute atomic E-state index is 13.2. The van der Waals surface area contributed by atoms with Gasteiger partial charge in [0.25, 0.3) is 11.8 Å². The number of anilines is 1. The molecule has 9 heteroatoms. The lowest BCUT2D eigenvalue weighted by Gasteiger charge is -2.26. The predicted molar refractivity (Wildman–Crippen MR) is 128 cm³/mol. The van der Waals surface area contributed by atoms with E-state index >= 15 is 0 Å². The highest BCUT2D eigenvalue weighted by atomic mass is 32.1. The average Bonchev–Trinajstić information content (AvgIpc) is 3.32. The third kappa shape index (κ3) is 3.43. The molecule has 0 bridgehead atoms. The molecule has 1 saturated heterocycles. The zero-order valence-electron chi connectivity index (χ0n) is 18.7. The molecule has 34 heavy (non-hydrogen) atoms. The van der Waals surface area contributed by atoms with Gasteiger partial charge in [-0.2, -0.15) is 5.26 Å². The van der Waals surface area contributed by atoms with Crippen LogP contribution in [-0.2, 0) is 22.4 Å². The van der Waals surface area contributed by atoms with Crippen LogP contribution in [-0.4, -0.2) is 27.4 Å². The number of hydrogen-bond acceptors (Lipinski definition) is 6. The van der Waals surface area contributed by atoms with E-state index in [-0.39, 0.29) is 5.57 Å². The van der Waals surface area contributed by atoms with Gasteiger partial charge in [-0.3, -0.25) is 19.9 Å². The molecule has 1 aliphatic carbocycles. The van der Waals surface area contributed by atoms with E-state index in [0.717, 1.165) is 52.5 Å². The number of barbiturate groups is 1. The predicted octanol–water partition coefficient (Wildman–Crippen LogP) is 3.97. The minimum absolute atomic E-state index is 0.136. The summed E-state index contributed by atoms with van der Waals surface area (Å²) in [4.78, 5) is 44.2. The summed E-state index contributed by atoms with van der Waals surface area (Å²) in [6.07, 6.45) is 8.56. The number of carbonyl (C=O) groups is 3. The van der Waals surface area contributed by atoms with Crippen molar-refractivity contribution in [3.63, 3.8) is 0 Å². The molecule has 0 saturated carbocycles. The van der Waals surface area contributed by atoms with E-state index < -0.39 is 17.8 Å². The number of nitrogens with one attached hydrogen (secondary N) is 1. The third-order valence-corrected chi connectivity index (χ3v) is 7.54. The van der Waals surface area contributed by atoms with Crippen LogP contribution in [0.3, 0.4) is 0 Å². The van der Waals surface area contributed by atoms with Crippen molar-refractivity contribution in [3.8, 4) is 11.1 Å². The highest BCUT2D eigenvalue weighted by molar-refractivity contribution is 7.15. The molecule has 8 nitrogen and oxygen atoms in total. The Labute approximate surface area is 200 Å². The summed E-state index contributed by atoms with van der Waals surface area (Å²) in [5.74, 6) is -1.44. The lowest BCUT2D eigenvalue weighted by atomic mass is 9.96. The molecular weight excluding hydrogens is 450 g/mol. The van der Waals surface area contributed by atoms with Gasteiger partial charge >= 0.3 is 6.03 Å². The topological polar surface area (TPSA) is 108 Å². The highest BCUT2D eigenvalue weighted by Gasteiger charge is 2.37. The molecule has 170 valence electrons. The van der Waals surface area contributed by atoms with Gasteiger partial charge in [-0.05, 0) is 74.9 Å². The van der Waals surface area contributed by atoms with E-state index in [4.69, 9.17) is 0 Å². The second-order valence-electron chi connectivity index (χ2n) is 8.33. The number of amides is 4. The van der Waals surface area contributed by atoms with Crippen LogP contribution >= 0.6 is 11.3 Å². The number of thiophene rings is 1. The highest BCUT2D eigenvalue weighted by Crippen LogP contribution is 2.38. The zero-order chi connectivity index (χ0) is 24.0. The van der Waals surface area contributed by atoms with Crippen LogP contribution < -0.4 is 10.2 Å². The van der Waals surface area contributed by atoms with Crippen LogP contribution in [0.25, 0.3) is 11.1 Å². The number of imide groups is 2. The largest absolute Gasteiger partial charge is 0.335 e. The Balaban J connectivity index is 1.58. The van der Waals surface area contributed by atoms with Gasteiger partial charge in [-0.15, -0.1) is 11.3 Å². The van der Waals surface area contributed by atoms with E-state index in [0.29, 0.717) is 16.8 Å². The van der Waals surface area contributed by atoms with Gasteiger partial charge in [0.15, 0.2) is 0 Å². The number of carbonyl (C=O) groups excluding carboxylic acids is 3. The molecule has 4 amide bonds. The number of pyridine rings is 1. The molecule has 1 aliphatic heterocycles. The van der Waals surface area contributed by atoms with Crippen LogP contribution in [0, 0.1) is 25.2 Å². The van der Waals surface area contributed by atoms with Crippen LogP contribution in [0.4, 0.5) is 10.5 Å². The molecule has 0 aromatic carbocycles. The standard InChI is InChI=1S/C25H21N5O3S/c1-14-11-16(15(2)29(14)24-20(13-26)18-5-3-4-6-21(18)34-24)12-19-22(31)28-25(33)30(23(19)32)17-7-9-27-10-8-17/h7-12H,3-6H2,1-2H3,(H,28,31,33)/b19-12+. The first-order valence-corrected chi connectivity index (χ1v) is 11.8. The lowest BCUT2D eigenvalue weighted by Crippen LogP contribution is -2.54. The molecule has 5 rings (SSSR count). The first kappa shape index (κ1) is 21.8. The van der Waals surface area contributed by atoms with Crippen molar-refractivity contribution < 1.29 is 14.4 Å². The van der Waals surface area contributed by atoms with Crippen molar-refractivity contribution >= 4 is 40.9 Å². The van der Waals surface area contributed by atoms with E-state index in [9.17, 15) is 19.6 Å². The van der Waals surface area contributed by atoms with Gasteiger partial charge in [0.05, 0.1) is 11.3 Å². The van der Waals surface area contributed by atoms with E-state index in [1.165, 1.54) is 35.5 Å². The zero-order valence-corrected chi connectivity index (χ0v) is 19.5. The first-order valence-electron chi connectivity index (χ1n) is 11.0. The molecule has 4 heterocycles. The SMILES string of the molecule is Cc1cc(/C=C2\C(=O)NC(=O)N(c3ccncc3)C2=O)c(C)n1-c1sc2c(c1C#N)CCCC2. The average molecular weight is 472 g/mol. The van der Waals surface area contributed by atoms with E-state index in [1.807, 2.05) is 24.5 Å². The quantitative estimate of drug-likeness (QED) is 0.459. The van der Waals surface area contributed by atoms with Crippen LogP contribution in [0.1, 0.15) is 45.8 Å².